The predicted molar refractivity (Wildman–Crippen MR) is 105 cm³/mol. The fourth-order valence-electron chi connectivity index (χ4n) is 2.74. The molecule has 2 N–H and O–H groups in total. The number of rotatable bonds is 11. The van der Waals surface area contributed by atoms with Crippen LogP contribution in [-0.4, -0.2) is 24.9 Å². The van der Waals surface area contributed by atoms with E-state index in [4.69, 9.17) is 0 Å². The first-order valence-electron chi connectivity index (χ1n) is 9.44. The summed E-state index contributed by atoms with van der Waals surface area (Å²) in [6.45, 7) is 1.45. The van der Waals surface area contributed by atoms with Crippen molar-refractivity contribution in [3.63, 3.8) is 0 Å². The Balaban J connectivity index is 1.41. The molecule has 2 amide bonds. The molecule has 138 valence electrons. The van der Waals surface area contributed by atoms with Crippen LogP contribution in [0.15, 0.2) is 60.7 Å². The van der Waals surface area contributed by atoms with Gasteiger partial charge in [0.2, 0.25) is 0 Å². The third-order valence-corrected chi connectivity index (χ3v) is 4.25. The molecule has 0 fully saturated rings. The number of benzene rings is 2. The molecule has 4 nitrogen and oxygen atoms in total. The molecule has 2 aromatic rings. The van der Waals surface area contributed by atoms with Crippen LogP contribution in [0.2, 0.25) is 0 Å². The highest BCUT2D eigenvalue weighted by atomic mass is 16.2. The van der Waals surface area contributed by atoms with Gasteiger partial charge in [0.15, 0.2) is 0 Å². The summed E-state index contributed by atoms with van der Waals surface area (Å²) in [6, 6.07) is 18.6. The van der Waals surface area contributed by atoms with Crippen molar-refractivity contribution in [1.29, 1.82) is 0 Å². The summed E-state index contributed by atoms with van der Waals surface area (Å²) >= 11 is 0. The van der Waals surface area contributed by atoms with Crippen LogP contribution in [0.3, 0.4) is 0 Å². The zero-order valence-corrected chi connectivity index (χ0v) is 15.2. The molecule has 0 bridgehead atoms. The number of nitrogens with one attached hydrogen (secondary N) is 2. The lowest BCUT2D eigenvalue weighted by atomic mass is 10.1. The van der Waals surface area contributed by atoms with Crippen molar-refractivity contribution in [2.75, 3.05) is 13.1 Å². The van der Waals surface area contributed by atoms with Gasteiger partial charge in [0.25, 0.3) is 11.8 Å². The second-order valence-corrected chi connectivity index (χ2v) is 6.37. The molecule has 0 aromatic heterocycles. The van der Waals surface area contributed by atoms with Gasteiger partial charge in [-0.2, -0.15) is 0 Å². The van der Waals surface area contributed by atoms with Crippen LogP contribution in [0.4, 0.5) is 0 Å². The Hall–Kier alpha value is -2.62. The molecular formula is C22H28N2O2. The van der Waals surface area contributed by atoms with Gasteiger partial charge in [-0.25, -0.2) is 0 Å². The van der Waals surface area contributed by atoms with Gasteiger partial charge in [-0.3, -0.25) is 9.59 Å². The third-order valence-electron chi connectivity index (χ3n) is 4.25. The second kappa shape index (κ2) is 11.9. The van der Waals surface area contributed by atoms with Gasteiger partial charge < -0.3 is 10.6 Å². The monoisotopic (exact) mass is 352 g/mol. The van der Waals surface area contributed by atoms with Gasteiger partial charge in [-0.15, -0.1) is 0 Å². The lowest BCUT2D eigenvalue weighted by Crippen LogP contribution is -2.24. The van der Waals surface area contributed by atoms with Crippen molar-refractivity contribution in [2.45, 2.75) is 38.5 Å². The van der Waals surface area contributed by atoms with Crippen molar-refractivity contribution in [3.05, 3.63) is 71.8 Å². The molecule has 0 atom stereocenters. The Morgan fingerprint density at radius 1 is 0.538 bits per heavy atom. The average Bonchev–Trinajstić information content (AvgIpc) is 2.70. The van der Waals surface area contributed by atoms with Crippen LogP contribution in [0.5, 0.6) is 0 Å². The van der Waals surface area contributed by atoms with Crippen LogP contribution in [-0.2, 0) is 0 Å². The zero-order valence-electron chi connectivity index (χ0n) is 15.2. The molecule has 0 heterocycles. The van der Waals surface area contributed by atoms with E-state index in [1.165, 1.54) is 0 Å². The van der Waals surface area contributed by atoms with Gasteiger partial charge in [-0.05, 0) is 37.1 Å². The largest absolute Gasteiger partial charge is 0.352 e. The number of hydrogen-bond donors (Lipinski definition) is 2. The Bertz CT molecular complexity index is 597. The van der Waals surface area contributed by atoms with E-state index < -0.39 is 0 Å². The lowest BCUT2D eigenvalue weighted by Gasteiger charge is -2.06. The highest BCUT2D eigenvalue weighted by Gasteiger charge is 2.03. The number of hydrogen-bond acceptors (Lipinski definition) is 2. The molecule has 0 aliphatic carbocycles. The average molecular weight is 352 g/mol. The summed E-state index contributed by atoms with van der Waals surface area (Å²) in [5, 5.41) is 5.90. The van der Waals surface area contributed by atoms with Gasteiger partial charge in [-0.1, -0.05) is 62.1 Å². The van der Waals surface area contributed by atoms with E-state index in [0.29, 0.717) is 11.1 Å². The number of unbranched alkanes of at least 4 members (excludes halogenated alkanes) is 5. The molecule has 0 saturated carbocycles. The van der Waals surface area contributed by atoms with Gasteiger partial charge >= 0.3 is 0 Å². The molecule has 0 radical (unpaired) electrons. The number of carbonyl (C=O) groups excluding carboxylic acids is 2. The molecule has 0 saturated heterocycles. The first kappa shape index (κ1) is 19.7. The van der Waals surface area contributed by atoms with Crippen LogP contribution < -0.4 is 10.6 Å². The van der Waals surface area contributed by atoms with Crippen LogP contribution in [0.25, 0.3) is 0 Å². The second-order valence-electron chi connectivity index (χ2n) is 6.37. The molecule has 0 unspecified atom stereocenters. The van der Waals surface area contributed by atoms with E-state index in [-0.39, 0.29) is 11.8 Å². The Labute approximate surface area is 156 Å². The Kier molecular flexibility index (Phi) is 8.98. The molecule has 2 aromatic carbocycles. The molecular weight excluding hydrogens is 324 g/mol. The maximum Gasteiger partial charge on any atom is 0.251 e. The normalized spacial score (nSPS) is 10.3. The minimum absolute atomic E-state index is 0.000224. The first-order chi connectivity index (χ1) is 12.8. The van der Waals surface area contributed by atoms with E-state index >= 15 is 0 Å². The Morgan fingerprint density at radius 2 is 0.885 bits per heavy atom. The maximum absolute atomic E-state index is 11.9. The Morgan fingerprint density at radius 3 is 1.27 bits per heavy atom. The maximum atomic E-state index is 11.9. The van der Waals surface area contributed by atoms with E-state index in [0.717, 1.165) is 51.6 Å². The van der Waals surface area contributed by atoms with E-state index in [1.54, 1.807) is 0 Å². The fourth-order valence-corrected chi connectivity index (χ4v) is 2.74. The van der Waals surface area contributed by atoms with E-state index in [2.05, 4.69) is 10.6 Å². The lowest BCUT2D eigenvalue weighted by molar-refractivity contribution is 0.0944. The minimum atomic E-state index is -0.000224. The molecule has 4 heteroatoms. The third kappa shape index (κ3) is 7.51. The van der Waals surface area contributed by atoms with Crippen molar-refractivity contribution in [3.8, 4) is 0 Å². The van der Waals surface area contributed by atoms with Crippen LogP contribution in [0.1, 0.15) is 59.2 Å². The minimum Gasteiger partial charge on any atom is -0.352 e. The summed E-state index contributed by atoms with van der Waals surface area (Å²) in [4.78, 5) is 23.7. The van der Waals surface area contributed by atoms with Crippen molar-refractivity contribution >= 4 is 11.8 Å². The quantitative estimate of drug-likeness (QED) is 0.596. The van der Waals surface area contributed by atoms with Gasteiger partial charge in [0, 0.05) is 24.2 Å². The zero-order chi connectivity index (χ0) is 18.5. The molecule has 2 rings (SSSR count). The summed E-state index contributed by atoms with van der Waals surface area (Å²) in [7, 11) is 0. The molecule has 0 spiro atoms. The number of amides is 2. The van der Waals surface area contributed by atoms with Crippen molar-refractivity contribution < 1.29 is 9.59 Å². The highest BCUT2D eigenvalue weighted by molar-refractivity contribution is 5.94. The fraction of sp³-hybridized carbons (Fsp3) is 0.364. The number of carbonyl (C=O) groups is 2. The van der Waals surface area contributed by atoms with Crippen LogP contribution >= 0.6 is 0 Å². The topological polar surface area (TPSA) is 58.2 Å². The molecule has 0 aliphatic rings. The van der Waals surface area contributed by atoms with Gasteiger partial charge in [0.1, 0.15) is 0 Å². The van der Waals surface area contributed by atoms with Crippen molar-refractivity contribution in [2.24, 2.45) is 0 Å². The SMILES string of the molecule is O=C(NCCCCCCCCNC(=O)c1ccccc1)c1ccccc1. The van der Waals surface area contributed by atoms with Crippen LogP contribution in [0, 0.1) is 0 Å². The predicted octanol–water partition coefficient (Wildman–Crippen LogP) is 4.19. The molecule has 0 aliphatic heterocycles. The summed E-state index contributed by atoms with van der Waals surface area (Å²) in [5.41, 5.74) is 1.43. The molecule has 26 heavy (non-hydrogen) atoms. The van der Waals surface area contributed by atoms with E-state index in [1.807, 2.05) is 60.7 Å². The first-order valence-corrected chi connectivity index (χ1v) is 9.44. The van der Waals surface area contributed by atoms with Crippen molar-refractivity contribution in [1.82, 2.24) is 10.6 Å². The van der Waals surface area contributed by atoms with Gasteiger partial charge in [0.05, 0.1) is 0 Å². The summed E-state index contributed by atoms with van der Waals surface area (Å²) < 4.78 is 0. The standard InChI is InChI=1S/C22H28N2O2/c25-21(19-13-7-5-8-14-19)23-17-11-3-1-2-4-12-18-24-22(26)20-15-9-6-10-16-20/h5-10,13-16H,1-4,11-12,17-18H2,(H,23,25)(H,24,26). The van der Waals surface area contributed by atoms with E-state index in [9.17, 15) is 9.59 Å². The smallest absolute Gasteiger partial charge is 0.251 e. The highest BCUT2D eigenvalue weighted by Crippen LogP contribution is 2.05. The summed E-state index contributed by atoms with van der Waals surface area (Å²) in [5.74, 6) is -0.000449. The summed E-state index contributed by atoms with van der Waals surface area (Å²) in [6.07, 6.45) is 6.56.